The second-order valence-corrected chi connectivity index (χ2v) is 4.25. The van der Waals surface area contributed by atoms with E-state index in [0.717, 1.165) is 12.8 Å². The molecule has 0 aromatic carbocycles. The van der Waals surface area contributed by atoms with Crippen molar-refractivity contribution < 1.29 is 14.4 Å². The summed E-state index contributed by atoms with van der Waals surface area (Å²) in [6, 6.07) is -1.79. The highest BCUT2D eigenvalue weighted by Crippen LogP contribution is 2.18. The Morgan fingerprint density at radius 3 is 2.12 bits per heavy atom. The van der Waals surface area contributed by atoms with E-state index < -0.39 is 24.0 Å². The highest BCUT2D eigenvalue weighted by atomic mass is 16.2. The molecule has 2 atom stereocenters. The number of amides is 4. The van der Waals surface area contributed by atoms with Crippen LogP contribution in [0.2, 0.25) is 0 Å². The van der Waals surface area contributed by atoms with Crippen molar-refractivity contribution >= 4 is 17.8 Å². The molecule has 0 saturated heterocycles. The van der Waals surface area contributed by atoms with E-state index in [0.29, 0.717) is 0 Å². The summed E-state index contributed by atoms with van der Waals surface area (Å²) in [6.45, 7) is 3.21. The van der Waals surface area contributed by atoms with Gasteiger partial charge in [0.05, 0.1) is 12.1 Å². The van der Waals surface area contributed by atoms with E-state index in [2.05, 4.69) is 10.6 Å². The van der Waals surface area contributed by atoms with E-state index in [-0.39, 0.29) is 11.9 Å². The maximum Gasteiger partial charge on any atom is 0.318 e. The predicted molar refractivity (Wildman–Crippen MR) is 61.0 cm³/mol. The largest absolute Gasteiger partial charge is 0.352 e. The number of carbonyl (C=O) groups excluding carboxylic acids is 3. The van der Waals surface area contributed by atoms with Gasteiger partial charge in [-0.05, 0) is 26.7 Å². The van der Waals surface area contributed by atoms with Crippen molar-refractivity contribution in [1.82, 2.24) is 16.0 Å². The summed E-state index contributed by atoms with van der Waals surface area (Å²) in [6.07, 6.45) is 2.02. The summed E-state index contributed by atoms with van der Waals surface area (Å²) in [5.74, 6) is -0.699. The first-order valence-electron chi connectivity index (χ1n) is 5.57. The van der Waals surface area contributed by atoms with Crippen molar-refractivity contribution in [2.45, 2.75) is 44.8 Å². The number of hydrogen-bond donors (Lipinski definition) is 4. The van der Waals surface area contributed by atoms with E-state index in [9.17, 15) is 14.4 Å². The Balaban J connectivity index is 2.32. The maximum absolute atomic E-state index is 11.6. The molecule has 1 aliphatic rings. The molecule has 2 unspecified atom stereocenters. The monoisotopic (exact) mass is 242 g/mol. The van der Waals surface area contributed by atoms with Gasteiger partial charge in [0.25, 0.3) is 0 Å². The number of carbonyl (C=O) groups is 3. The Labute approximate surface area is 99.5 Å². The second-order valence-electron chi connectivity index (χ2n) is 4.25. The van der Waals surface area contributed by atoms with Gasteiger partial charge in [0.15, 0.2) is 0 Å². The number of hydrogen-bond acceptors (Lipinski definition) is 4. The zero-order valence-corrected chi connectivity index (χ0v) is 9.95. The average Bonchev–Trinajstić information content (AvgIpc) is 3.00. The number of nitrogens with two attached hydrogens (primary N) is 1. The summed E-state index contributed by atoms with van der Waals surface area (Å²) >= 11 is 0. The number of nitrogens with one attached hydrogen (secondary N) is 3. The summed E-state index contributed by atoms with van der Waals surface area (Å²) < 4.78 is 0. The van der Waals surface area contributed by atoms with Crippen LogP contribution in [0.4, 0.5) is 4.79 Å². The number of imide groups is 1. The topological polar surface area (TPSA) is 113 Å². The average molecular weight is 242 g/mol. The first-order chi connectivity index (χ1) is 7.90. The Kier molecular flexibility index (Phi) is 4.45. The second kappa shape index (κ2) is 5.62. The van der Waals surface area contributed by atoms with Gasteiger partial charge in [-0.1, -0.05) is 0 Å². The van der Waals surface area contributed by atoms with Crippen LogP contribution in [0.25, 0.3) is 0 Å². The molecule has 0 spiro atoms. The molecule has 1 rings (SSSR count). The standard InChI is InChI=1S/C10H18N4O3/c1-5(8(15)13-7-3-4-7)12-6(2)9(16)14-10(11)17/h5-7,12H,3-4H2,1-2H3,(H,13,15)(H3,11,14,16,17). The Bertz CT molecular complexity index is 328. The van der Waals surface area contributed by atoms with Crippen molar-refractivity contribution in [3.8, 4) is 0 Å². The lowest BCUT2D eigenvalue weighted by molar-refractivity contribution is -0.124. The molecular formula is C10H18N4O3. The number of urea groups is 1. The first-order valence-corrected chi connectivity index (χ1v) is 5.57. The van der Waals surface area contributed by atoms with Gasteiger partial charge >= 0.3 is 6.03 Å². The van der Waals surface area contributed by atoms with Gasteiger partial charge in [0, 0.05) is 6.04 Å². The molecule has 96 valence electrons. The molecule has 7 heteroatoms. The third-order valence-corrected chi connectivity index (χ3v) is 2.46. The summed E-state index contributed by atoms with van der Waals surface area (Å²) in [4.78, 5) is 33.4. The van der Waals surface area contributed by atoms with Gasteiger partial charge in [-0.15, -0.1) is 0 Å². The van der Waals surface area contributed by atoms with Gasteiger partial charge in [0.2, 0.25) is 11.8 Å². The zero-order valence-electron chi connectivity index (χ0n) is 9.95. The molecule has 1 saturated carbocycles. The maximum atomic E-state index is 11.6. The highest BCUT2D eigenvalue weighted by Gasteiger charge is 2.27. The summed E-state index contributed by atoms with van der Waals surface area (Å²) in [5.41, 5.74) is 4.82. The molecule has 0 radical (unpaired) electrons. The van der Waals surface area contributed by atoms with E-state index in [1.807, 2.05) is 5.32 Å². The molecule has 7 nitrogen and oxygen atoms in total. The molecule has 1 fully saturated rings. The van der Waals surface area contributed by atoms with Crippen LogP contribution >= 0.6 is 0 Å². The van der Waals surface area contributed by atoms with Crippen molar-refractivity contribution in [1.29, 1.82) is 0 Å². The predicted octanol–water partition coefficient (Wildman–Crippen LogP) is -1.17. The fourth-order valence-corrected chi connectivity index (χ4v) is 1.31. The number of primary amides is 1. The van der Waals surface area contributed by atoms with Gasteiger partial charge in [-0.25, -0.2) is 4.79 Å². The molecule has 4 amide bonds. The van der Waals surface area contributed by atoms with Crippen LogP contribution in [0.15, 0.2) is 0 Å². The van der Waals surface area contributed by atoms with E-state index >= 15 is 0 Å². The van der Waals surface area contributed by atoms with Crippen molar-refractivity contribution in [2.75, 3.05) is 0 Å². The van der Waals surface area contributed by atoms with Crippen LogP contribution < -0.4 is 21.7 Å². The third kappa shape index (κ3) is 4.81. The van der Waals surface area contributed by atoms with Crippen LogP contribution in [-0.2, 0) is 9.59 Å². The third-order valence-electron chi connectivity index (χ3n) is 2.46. The van der Waals surface area contributed by atoms with Crippen LogP contribution in [0.1, 0.15) is 26.7 Å². The lowest BCUT2D eigenvalue weighted by Gasteiger charge is -2.18. The van der Waals surface area contributed by atoms with Gasteiger partial charge in [-0.2, -0.15) is 0 Å². The smallest absolute Gasteiger partial charge is 0.318 e. The lowest BCUT2D eigenvalue weighted by Crippen LogP contribution is -2.52. The Morgan fingerprint density at radius 1 is 1.12 bits per heavy atom. The fraction of sp³-hybridized carbons (Fsp3) is 0.700. The van der Waals surface area contributed by atoms with E-state index in [1.165, 1.54) is 0 Å². The quantitative estimate of drug-likeness (QED) is 0.486. The summed E-state index contributed by atoms with van der Waals surface area (Å²) in [5, 5.41) is 7.55. The molecule has 0 bridgehead atoms. The van der Waals surface area contributed by atoms with Crippen LogP contribution in [0.5, 0.6) is 0 Å². The summed E-state index contributed by atoms with van der Waals surface area (Å²) in [7, 11) is 0. The minimum Gasteiger partial charge on any atom is -0.352 e. The van der Waals surface area contributed by atoms with E-state index in [4.69, 9.17) is 5.73 Å². The zero-order chi connectivity index (χ0) is 13.0. The molecule has 1 aliphatic carbocycles. The Hall–Kier alpha value is -1.63. The molecule has 5 N–H and O–H groups in total. The molecule has 17 heavy (non-hydrogen) atoms. The Morgan fingerprint density at radius 2 is 1.65 bits per heavy atom. The lowest BCUT2D eigenvalue weighted by atomic mass is 10.2. The van der Waals surface area contributed by atoms with Crippen molar-refractivity contribution in [2.24, 2.45) is 5.73 Å². The van der Waals surface area contributed by atoms with Gasteiger partial charge in [0.1, 0.15) is 0 Å². The normalized spacial score (nSPS) is 18.0. The first kappa shape index (κ1) is 13.4. The molecule has 0 aliphatic heterocycles. The number of rotatable bonds is 5. The molecule has 0 aromatic heterocycles. The molecule has 0 heterocycles. The van der Waals surface area contributed by atoms with Crippen molar-refractivity contribution in [3.05, 3.63) is 0 Å². The SMILES string of the molecule is CC(NC(C)C(=O)NC1CC1)C(=O)NC(N)=O. The molecular weight excluding hydrogens is 224 g/mol. The van der Waals surface area contributed by atoms with Crippen LogP contribution in [0.3, 0.4) is 0 Å². The highest BCUT2D eigenvalue weighted by molar-refractivity contribution is 5.96. The minimum atomic E-state index is -0.904. The minimum absolute atomic E-state index is 0.147. The van der Waals surface area contributed by atoms with Crippen molar-refractivity contribution in [3.63, 3.8) is 0 Å². The molecule has 0 aromatic rings. The fourth-order valence-electron chi connectivity index (χ4n) is 1.31. The van der Waals surface area contributed by atoms with Gasteiger partial charge < -0.3 is 11.1 Å². The van der Waals surface area contributed by atoms with Crippen LogP contribution in [-0.4, -0.2) is 36.0 Å². The van der Waals surface area contributed by atoms with E-state index in [1.54, 1.807) is 13.8 Å². The van der Waals surface area contributed by atoms with Crippen LogP contribution in [0, 0.1) is 0 Å². The van der Waals surface area contributed by atoms with Gasteiger partial charge in [-0.3, -0.25) is 20.2 Å².